The summed E-state index contributed by atoms with van der Waals surface area (Å²) < 4.78 is 5.49. The molecule has 0 spiro atoms. The summed E-state index contributed by atoms with van der Waals surface area (Å²) in [6, 6.07) is 21.6. The van der Waals surface area contributed by atoms with E-state index in [-0.39, 0.29) is 18.2 Å². The number of benzene rings is 3. The van der Waals surface area contributed by atoms with E-state index < -0.39 is 6.04 Å². The summed E-state index contributed by atoms with van der Waals surface area (Å²) in [5.74, 6) is -0.00814. The molecule has 4 aromatic rings. The molecule has 1 unspecified atom stereocenters. The minimum atomic E-state index is -0.751. The van der Waals surface area contributed by atoms with E-state index in [1.807, 2.05) is 71.8 Å². The first-order valence-electron chi connectivity index (χ1n) is 11.8. The fourth-order valence-electron chi connectivity index (χ4n) is 4.54. The fraction of sp³-hybridized carbons (Fsp3) is 0.179. The van der Waals surface area contributed by atoms with Crippen LogP contribution in [0.5, 0.6) is 5.75 Å². The number of nitrogens with zero attached hydrogens (tertiary/aromatic N) is 2. The third-order valence-electron chi connectivity index (χ3n) is 6.42. The van der Waals surface area contributed by atoms with Crippen LogP contribution >= 0.6 is 23.8 Å². The fourth-order valence-corrected chi connectivity index (χ4v) is 5.07. The van der Waals surface area contributed by atoms with Gasteiger partial charge in [-0.15, -0.1) is 0 Å². The summed E-state index contributed by atoms with van der Waals surface area (Å²) in [5.41, 5.74) is 3.18. The molecule has 1 atom stereocenters. The molecule has 2 heterocycles. The minimum Gasteiger partial charge on any atom is -0.495 e. The summed E-state index contributed by atoms with van der Waals surface area (Å²) in [5, 5.41) is 4.98. The number of amides is 2. The highest BCUT2D eigenvalue weighted by Gasteiger charge is 2.44. The van der Waals surface area contributed by atoms with Crippen LogP contribution in [0.15, 0.2) is 79.0 Å². The number of hydrogen-bond donors (Lipinski definition) is 2. The second kappa shape index (κ2) is 10.6. The number of fused-ring (bicyclic) bond motifs is 1. The molecule has 0 radical (unpaired) electrons. The Kier molecular flexibility index (Phi) is 7.12. The number of aromatic nitrogens is 1. The van der Waals surface area contributed by atoms with Crippen molar-refractivity contribution in [1.82, 2.24) is 9.88 Å². The molecule has 1 fully saturated rings. The summed E-state index contributed by atoms with van der Waals surface area (Å²) >= 11 is 11.8. The van der Waals surface area contributed by atoms with Crippen molar-refractivity contribution in [3.8, 4) is 5.75 Å². The lowest BCUT2D eigenvalue weighted by molar-refractivity contribution is -0.124. The lowest BCUT2D eigenvalue weighted by atomic mass is 10.1. The van der Waals surface area contributed by atoms with Crippen LogP contribution in [0.25, 0.3) is 10.9 Å². The van der Waals surface area contributed by atoms with Crippen LogP contribution in [0.3, 0.4) is 0 Å². The average Bonchev–Trinajstić information content (AvgIpc) is 3.45. The third kappa shape index (κ3) is 5.16. The van der Waals surface area contributed by atoms with Crippen molar-refractivity contribution in [3.63, 3.8) is 0 Å². The first-order chi connectivity index (χ1) is 17.9. The van der Waals surface area contributed by atoms with Gasteiger partial charge in [-0.25, -0.2) is 0 Å². The van der Waals surface area contributed by atoms with Crippen LogP contribution in [0.4, 0.5) is 11.4 Å². The Morgan fingerprint density at radius 1 is 1.11 bits per heavy atom. The van der Waals surface area contributed by atoms with Crippen LogP contribution in [0.2, 0.25) is 5.02 Å². The molecule has 1 aliphatic heterocycles. The highest BCUT2D eigenvalue weighted by atomic mass is 35.5. The molecule has 1 saturated heterocycles. The Morgan fingerprint density at radius 3 is 2.68 bits per heavy atom. The van der Waals surface area contributed by atoms with Gasteiger partial charge in [-0.05, 0) is 72.1 Å². The molecule has 2 N–H and O–H groups in total. The van der Waals surface area contributed by atoms with Gasteiger partial charge >= 0.3 is 0 Å². The maximum absolute atomic E-state index is 13.7. The van der Waals surface area contributed by atoms with Gasteiger partial charge < -0.3 is 19.9 Å². The summed E-state index contributed by atoms with van der Waals surface area (Å²) in [7, 11) is 1.55. The van der Waals surface area contributed by atoms with Gasteiger partial charge in [0.15, 0.2) is 5.11 Å². The second-order valence-electron chi connectivity index (χ2n) is 8.75. The largest absolute Gasteiger partial charge is 0.495 e. The van der Waals surface area contributed by atoms with Crippen molar-refractivity contribution in [1.29, 1.82) is 0 Å². The molecular weight excluding hydrogens is 508 g/mol. The number of methoxy groups -OCH3 is 1. The molecule has 3 aromatic carbocycles. The van der Waals surface area contributed by atoms with Crippen LogP contribution in [-0.2, 0) is 16.0 Å². The molecule has 5 rings (SSSR count). The SMILES string of the molecule is COc1ccccc1N1C(=O)C(CC(=O)Nc2ccc3cc[nH]c3c2)N(CCc2ccc(Cl)cc2)C1=S. The Bertz CT molecular complexity index is 1470. The van der Waals surface area contributed by atoms with Gasteiger partial charge in [-0.3, -0.25) is 14.5 Å². The molecule has 188 valence electrons. The van der Waals surface area contributed by atoms with Crippen LogP contribution in [-0.4, -0.2) is 46.5 Å². The number of carbonyl (C=O) groups excluding carboxylic acids is 2. The van der Waals surface area contributed by atoms with Gasteiger partial charge in [0.25, 0.3) is 5.91 Å². The number of halogens is 1. The standard InChI is InChI=1S/C28H25ClN4O3S/c1-36-25-5-3-2-4-23(25)33-27(35)24(32(28(33)37)15-13-18-6-9-20(29)10-7-18)17-26(34)31-21-11-8-19-12-14-30-22(19)16-21/h2-12,14,16,24,30H,13,15,17H2,1H3,(H,31,34). The van der Waals surface area contributed by atoms with E-state index in [0.29, 0.717) is 40.2 Å². The molecule has 1 aromatic heterocycles. The van der Waals surface area contributed by atoms with E-state index in [4.69, 9.17) is 28.6 Å². The number of anilines is 2. The van der Waals surface area contributed by atoms with Crippen molar-refractivity contribution in [3.05, 3.63) is 89.6 Å². The number of H-pyrrole nitrogens is 1. The molecule has 2 amide bonds. The zero-order valence-corrected chi connectivity index (χ0v) is 21.7. The molecular formula is C28H25ClN4O3S. The zero-order chi connectivity index (χ0) is 25.9. The van der Waals surface area contributed by atoms with Crippen LogP contribution < -0.4 is 15.0 Å². The Labute approximate surface area is 225 Å². The highest BCUT2D eigenvalue weighted by molar-refractivity contribution is 7.80. The van der Waals surface area contributed by atoms with Crippen molar-refractivity contribution < 1.29 is 14.3 Å². The first kappa shape index (κ1) is 24.8. The van der Waals surface area contributed by atoms with Gasteiger partial charge in [0, 0.05) is 29.0 Å². The molecule has 9 heteroatoms. The van der Waals surface area contributed by atoms with Gasteiger partial charge in [-0.1, -0.05) is 41.9 Å². The topological polar surface area (TPSA) is 77.7 Å². The number of hydrogen-bond acceptors (Lipinski definition) is 4. The number of para-hydroxylation sites is 2. The second-order valence-corrected chi connectivity index (χ2v) is 9.55. The van der Waals surface area contributed by atoms with Crippen molar-refractivity contribution in [2.45, 2.75) is 18.9 Å². The van der Waals surface area contributed by atoms with Crippen molar-refractivity contribution in [2.75, 3.05) is 23.9 Å². The first-order valence-corrected chi connectivity index (χ1v) is 12.6. The quantitative estimate of drug-likeness (QED) is 0.297. The lowest BCUT2D eigenvalue weighted by Gasteiger charge is -2.24. The molecule has 0 bridgehead atoms. The molecule has 1 aliphatic rings. The Balaban J connectivity index is 1.39. The molecule has 0 saturated carbocycles. The molecule has 0 aliphatic carbocycles. The summed E-state index contributed by atoms with van der Waals surface area (Å²) in [4.78, 5) is 33.3. The van der Waals surface area contributed by atoms with E-state index in [0.717, 1.165) is 16.5 Å². The zero-order valence-electron chi connectivity index (χ0n) is 20.1. The Hall–Kier alpha value is -3.88. The van der Waals surface area contributed by atoms with Crippen LogP contribution in [0, 0.1) is 0 Å². The number of aromatic amines is 1. The molecule has 37 heavy (non-hydrogen) atoms. The predicted molar refractivity (Wildman–Crippen MR) is 150 cm³/mol. The third-order valence-corrected chi connectivity index (χ3v) is 7.09. The molecule has 7 nitrogen and oxygen atoms in total. The smallest absolute Gasteiger partial charge is 0.256 e. The van der Waals surface area contributed by atoms with Gasteiger partial charge in [-0.2, -0.15) is 0 Å². The van der Waals surface area contributed by atoms with E-state index in [1.54, 1.807) is 19.2 Å². The van der Waals surface area contributed by atoms with Gasteiger partial charge in [0.05, 0.1) is 19.2 Å². The number of rotatable bonds is 8. The average molecular weight is 533 g/mol. The van der Waals surface area contributed by atoms with E-state index in [1.165, 1.54) is 4.90 Å². The number of ether oxygens (including phenoxy) is 1. The van der Waals surface area contributed by atoms with E-state index in [9.17, 15) is 9.59 Å². The summed E-state index contributed by atoms with van der Waals surface area (Å²) in [6.07, 6.45) is 2.43. The summed E-state index contributed by atoms with van der Waals surface area (Å²) in [6.45, 7) is 0.463. The van der Waals surface area contributed by atoms with Gasteiger partial charge in [0.2, 0.25) is 5.91 Å². The number of carbonyl (C=O) groups is 2. The van der Waals surface area contributed by atoms with E-state index >= 15 is 0 Å². The van der Waals surface area contributed by atoms with Crippen molar-refractivity contribution in [2.24, 2.45) is 0 Å². The normalized spacial score (nSPS) is 15.5. The number of nitrogens with one attached hydrogen (secondary N) is 2. The monoisotopic (exact) mass is 532 g/mol. The van der Waals surface area contributed by atoms with E-state index in [2.05, 4.69) is 10.3 Å². The van der Waals surface area contributed by atoms with Crippen LogP contribution in [0.1, 0.15) is 12.0 Å². The maximum atomic E-state index is 13.7. The number of thiocarbonyl (C=S) groups is 1. The van der Waals surface area contributed by atoms with Crippen molar-refractivity contribution >= 4 is 63.0 Å². The Morgan fingerprint density at radius 2 is 1.89 bits per heavy atom. The van der Waals surface area contributed by atoms with Gasteiger partial charge in [0.1, 0.15) is 11.8 Å². The lowest BCUT2D eigenvalue weighted by Crippen LogP contribution is -2.39. The maximum Gasteiger partial charge on any atom is 0.256 e. The minimum absolute atomic E-state index is 0.0476. The predicted octanol–water partition coefficient (Wildman–Crippen LogP) is 5.40. The highest BCUT2D eigenvalue weighted by Crippen LogP contribution is 2.34.